The van der Waals surface area contributed by atoms with Crippen molar-refractivity contribution in [2.45, 2.75) is 20.4 Å². The third-order valence-electron chi connectivity index (χ3n) is 5.23. The number of nitrogens with zero attached hydrogens (tertiary/aromatic N) is 1. The van der Waals surface area contributed by atoms with Gasteiger partial charge in [0.15, 0.2) is 0 Å². The van der Waals surface area contributed by atoms with E-state index in [4.69, 9.17) is 4.74 Å². The lowest BCUT2D eigenvalue weighted by Crippen LogP contribution is -2.11. The van der Waals surface area contributed by atoms with Gasteiger partial charge in [-0.25, -0.2) is 0 Å². The number of carbonyl (C=O) groups excluding carboxylic acids is 1. The molecule has 0 saturated carbocycles. The Kier molecular flexibility index (Phi) is 4.46. The van der Waals surface area contributed by atoms with Gasteiger partial charge in [-0.05, 0) is 61.9 Å². The first-order chi connectivity index (χ1) is 13.1. The molecule has 2 heterocycles. The first kappa shape index (κ1) is 17.4. The summed E-state index contributed by atoms with van der Waals surface area (Å²) in [4.78, 5) is 15.9. The molecule has 2 aromatic carbocycles. The molecule has 0 unspecified atom stereocenters. The minimum absolute atomic E-state index is 0.103. The number of rotatable bonds is 5. The van der Waals surface area contributed by atoms with Crippen LogP contribution in [0.2, 0.25) is 0 Å². The lowest BCUT2D eigenvalue weighted by molar-refractivity contribution is 0.102. The Bertz CT molecular complexity index is 1140. The molecule has 1 amide bonds. The van der Waals surface area contributed by atoms with Gasteiger partial charge in [0.25, 0.3) is 5.91 Å². The number of ether oxygens (including phenoxy) is 1. The number of hydrogen-bond acceptors (Lipinski definition) is 2. The molecule has 27 heavy (non-hydrogen) atoms. The zero-order valence-electron chi connectivity index (χ0n) is 15.8. The highest BCUT2D eigenvalue weighted by molar-refractivity contribution is 6.07. The Labute approximate surface area is 157 Å². The van der Waals surface area contributed by atoms with Gasteiger partial charge in [0, 0.05) is 58.6 Å². The van der Waals surface area contributed by atoms with E-state index in [1.807, 2.05) is 48.7 Å². The summed E-state index contributed by atoms with van der Waals surface area (Å²) in [7, 11) is 1.71. The number of hydrogen-bond donors (Lipinski definition) is 2. The third kappa shape index (κ3) is 3.11. The highest BCUT2D eigenvalue weighted by atomic mass is 16.5. The number of fused-ring (bicyclic) bond motifs is 2. The van der Waals surface area contributed by atoms with E-state index < -0.39 is 0 Å². The molecule has 0 atom stereocenters. The molecular formula is C22H23N3O2. The minimum atomic E-state index is -0.103. The molecule has 4 aromatic rings. The quantitative estimate of drug-likeness (QED) is 0.544. The molecule has 0 saturated heterocycles. The molecular weight excluding hydrogens is 338 g/mol. The first-order valence-corrected chi connectivity index (χ1v) is 9.05. The lowest BCUT2D eigenvalue weighted by atomic mass is 10.1. The van der Waals surface area contributed by atoms with Crippen LogP contribution in [0.5, 0.6) is 0 Å². The van der Waals surface area contributed by atoms with Crippen LogP contribution in [0.4, 0.5) is 5.69 Å². The van der Waals surface area contributed by atoms with E-state index in [9.17, 15) is 4.79 Å². The molecule has 0 fully saturated rings. The number of amides is 1. The molecule has 0 radical (unpaired) electrons. The second kappa shape index (κ2) is 6.93. The van der Waals surface area contributed by atoms with Crippen molar-refractivity contribution in [1.29, 1.82) is 0 Å². The monoisotopic (exact) mass is 361 g/mol. The summed E-state index contributed by atoms with van der Waals surface area (Å²) < 4.78 is 7.47. The normalized spacial score (nSPS) is 11.4. The van der Waals surface area contributed by atoms with Crippen LogP contribution in [0.15, 0.2) is 48.7 Å². The molecule has 0 aliphatic heterocycles. The average molecular weight is 361 g/mol. The van der Waals surface area contributed by atoms with Crippen molar-refractivity contribution in [3.63, 3.8) is 0 Å². The fourth-order valence-corrected chi connectivity index (χ4v) is 3.60. The van der Waals surface area contributed by atoms with Gasteiger partial charge in [0.05, 0.1) is 6.61 Å². The van der Waals surface area contributed by atoms with Gasteiger partial charge >= 0.3 is 0 Å². The summed E-state index contributed by atoms with van der Waals surface area (Å²) in [5.74, 6) is -0.103. The Morgan fingerprint density at radius 3 is 2.81 bits per heavy atom. The zero-order chi connectivity index (χ0) is 19.0. The van der Waals surface area contributed by atoms with E-state index in [2.05, 4.69) is 28.7 Å². The Morgan fingerprint density at radius 1 is 1.15 bits per heavy atom. The topological polar surface area (TPSA) is 59.0 Å². The molecule has 138 valence electrons. The van der Waals surface area contributed by atoms with E-state index in [0.29, 0.717) is 12.2 Å². The van der Waals surface area contributed by atoms with Crippen LogP contribution in [0.1, 0.15) is 21.6 Å². The fourth-order valence-electron chi connectivity index (χ4n) is 3.60. The van der Waals surface area contributed by atoms with E-state index in [1.54, 1.807) is 7.11 Å². The van der Waals surface area contributed by atoms with Gasteiger partial charge < -0.3 is 19.6 Å². The number of H-pyrrole nitrogens is 1. The molecule has 0 bridgehead atoms. The van der Waals surface area contributed by atoms with Crippen LogP contribution in [0.3, 0.4) is 0 Å². The van der Waals surface area contributed by atoms with Gasteiger partial charge in [0.1, 0.15) is 0 Å². The van der Waals surface area contributed by atoms with Crippen molar-refractivity contribution in [2.24, 2.45) is 0 Å². The molecule has 5 heteroatoms. The van der Waals surface area contributed by atoms with E-state index >= 15 is 0 Å². The maximum atomic E-state index is 12.8. The van der Waals surface area contributed by atoms with Crippen molar-refractivity contribution in [2.75, 3.05) is 19.0 Å². The highest BCUT2D eigenvalue weighted by Gasteiger charge is 2.14. The second-order valence-corrected chi connectivity index (χ2v) is 6.82. The number of aromatic nitrogens is 2. The van der Waals surface area contributed by atoms with Crippen LogP contribution >= 0.6 is 0 Å². The van der Waals surface area contributed by atoms with Gasteiger partial charge in [-0.15, -0.1) is 0 Å². The van der Waals surface area contributed by atoms with Crippen molar-refractivity contribution < 1.29 is 9.53 Å². The number of aromatic amines is 1. The molecule has 2 aromatic heterocycles. The number of aryl methyl sites for hydroxylation is 1. The maximum absolute atomic E-state index is 12.8. The number of methoxy groups -OCH3 is 1. The van der Waals surface area contributed by atoms with Gasteiger partial charge in [-0.1, -0.05) is 0 Å². The minimum Gasteiger partial charge on any atom is -0.383 e. The number of nitrogens with one attached hydrogen (secondary N) is 2. The van der Waals surface area contributed by atoms with Crippen LogP contribution in [-0.2, 0) is 11.3 Å². The predicted molar refractivity (Wildman–Crippen MR) is 110 cm³/mol. The van der Waals surface area contributed by atoms with Crippen molar-refractivity contribution in [1.82, 2.24) is 9.55 Å². The summed E-state index contributed by atoms with van der Waals surface area (Å²) >= 11 is 0. The SMILES string of the molecule is COCCn1c(C)c(C)c2cc(C(=O)Nc3ccc4[nH]ccc4c3)ccc21. The highest BCUT2D eigenvalue weighted by Crippen LogP contribution is 2.27. The smallest absolute Gasteiger partial charge is 0.255 e. The van der Waals surface area contributed by atoms with Crippen LogP contribution in [0.25, 0.3) is 21.8 Å². The van der Waals surface area contributed by atoms with Gasteiger partial charge in [-0.2, -0.15) is 0 Å². The zero-order valence-corrected chi connectivity index (χ0v) is 15.8. The van der Waals surface area contributed by atoms with E-state index in [-0.39, 0.29) is 5.91 Å². The Hall–Kier alpha value is -3.05. The number of benzene rings is 2. The van der Waals surface area contributed by atoms with E-state index in [1.165, 1.54) is 11.3 Å². The lowest BCUT2D eigenvalue weighted by Gasteiger charge is -2.08. The Morgan fingerprint density at radius 2 is 2.00 bits per heavy atom. The third-order valence-corrected chi connectivity index (χ3v) is 5.23. The van der Waals surface area contributed by atoms with E-state index in [0.717, 1.165) is 34.0 Å². The molecule has 0 aliphatic rings. The van der Waals surface area contributed by atoms with Crippen LogP contribution < -0.4 is 5.32 Å². The van der Waals surface area contributed by atoms with Crippen LogP contribution in [-0.4, -0.2) is 29.2 Å². The van der Waals surface area contributed by atoms with Crippen molar-refractivity contribution in [3.05, 3.63) is 65.5 Å². The predicted octanol–water partition coefficient (Wildman–Crippen LogP) is 4.64. The molecule has 4 rings (SSSR count). The summed E-state index contributed by atoms with van der Waals surface area (Å²) in [6, 6.07) is 13.7. The fraction of sp³-hybridized carbons (Fsp3) is 0.227. The number of anilines is 1. The largest absolute Gasteiger partial charge is 0.383 e. The summed E-state index contributed by atoms with van der Waals surface area (Å²) in [5.41, 5.74) is 6.04. The molecule has 0 aliphatic carbocycles. The average Bonchev–Trinajstić information content (AvgIpc) is 3.23. The van der Waals surface area contributed by atoms with Crippen molar-refractivity contribution >= 4 is 33.4 Å². The van der Waals surface area contributed by atoms with Crippen LogP contribution in [0, 0.1) is 13.8 Å². The second-order valence-electron chi connectivity index (χ2n) is 6.82. The standard InChI is InChI=1S/C22H23N3O2/c1-14-15(2)25(10-11-27-3)21-7-4-17(13-19(14)21)22(26)24-18-5-6-20-16(12-18)8-9-23-20/h4-9,12-13,23H,10-11H2,1-3H3,(H,24,26). The molecule has 0 spiro atoms. The van der Waals surface area contributed by atoms with Crippen molar-refractivity contribution in [3.8, 4) is 0 Å². The maximum Gasteiger partial charge on any atom is 0.255 e. The molecule has 2 N–H and O–H groups in total. The first-order valence-electron chi connectivity index (χ1n) is 9.05. The summed E-state index contributed by atoms with van der Waals surface area (Å²) in [6.07, 6.45) is 1.89. The summed E-state index contributed by atoms with van der Waals surface area (Å²) in [6.45, 7) is 5.67. The summed E-state index contributed by atoms with van der Waals surface area (Å²) in [5, 5.41) is 5.18. The number of carbonyl (C=O) groups is 1. The molecule has 5 nitrogen and oxygen atoms in total. The van der Waals surface area contributed by atoms with Gasteiger partial charge in [0.2, 0.25) is 0 Å². The van der Waals surface area contributed by atoms with Gasteiger partial charge in [-0.3, -0.25) is 4.79 Å². The Balaban J connectivity index is 1.64.